The van der Waals surface area contributed by atoms with E-state index >= 15 is 0 Å². The number of carbonyl (C=O) groups excluding carboxylic acids is 2. The highest BCUT2D eigenvalue weighted by Gasteiger charge is 2.29. The summed E-state index contributed by atoms with van der Waals surface area (Å²) < 4.78 is 9.91. The van der Waals surface area contributed by atoms with Crippen molar-refractivity contribution in [2.24, 2.45) is 0 Å². The molecular formula is C17H15NO6. The van der Waals surface area contributed by atoms with Crippen LogP contribution in [0, 0.1) is 10.1 Å². The van der Waals surface area contributed by atoms with E-state index in [1.165, 1.54) is 26.2 Å². The van der Waals surface area contributed by atoms with Crippen LogP contribution in [0.25, 0.3) is 0 Å². The van der Waals surface area contributed by atoms with Crippen LogP contribution in [0.3, 0.4) is 0 Å². The monoisotopic (exact) mass is 329 g/mol. The lowest BCUT2D eigenvalue weighted by Gasteiger charge is -2.11. The second kappa shape index (κ2) is 7.36. The van der Waals surface area contributed by atoms with E-state index in [9.17, 15) is 19.7 Å². The third kappa shape index (κ3) is 3.75. The van der Waals surface area contributed by atoms with Gasteiger partial charge in [0, 0.05) is 13.3 Å². The van der Waals surface area contributed by atoms with Crippen molar-refractivity contribution in [3.05, 3.63) is 63.7 Å². The molecule has 2 rings (SSSR count). The van der Waals surface area contributed by atoms with Gasteiger partial charge in [-0.15, -0.1) is 0 Å². The number of nitrogens with zero attached hydrogens (tertiary/aromatic N) is 1. The van der Waals surface area contributed by atoms with Gasteiger partial charge in [-0.05, 0) is 17.7 Å². The molecule has 0 fully saturated rings. The van der Waals surface area contributed by atoms with Crippen LogP contribution in [0.5, 0.6) is 11.5 Å². The van der Waals surface area contributed by atoms with Gasteiger partial charge in [0.25, 0.3) is 0 Å². The Bertz CT molecular complexity index is 785. The summed E-state index contributed by atoms with van der Waals surface area (Å²) in [6, 6.07) is 11.5. The highest BCUT2D eigenvalue weighted by Crippen LogP contribution is 2.40. The second-order valence-electron chi connectivity index (χ2n) is 4.93. The fourth-order valence-electron chi connectivity index (χ4n) is 2.27. The summed E-state index contributed by atoms with van der Waals surface area (Å²) in [6.45, 7) is 1.17. The zero-order valence-corrected chi connectivity index (χ0v) is 13.1. The largest absolute Gasteiger partial charge is 0.488 e. The van der Waals surface area contributed by atoms with E-state index in [0.29, 0.717) is 0 Å². The zero-order chi connectivity index (χ0) is 17.7. The summed E-state index contributed by atoms with van der Waals surface area (Å²) in [5.41, 5.74) is 0.119. The molecule has 0 aliphatic heterocycles. The first-order chi connectivity index (χ1) is 11.4. The highest BCUT2D eigenvalue weighted by molar-refractivity contribution is 6.02. The van der Waals surface area contributed by atoms with Crippen LogP contribution >= 0.6 is 0 Å². The van der Waals surface area contributed by atoms with E-state index in [1.807, 2.05) is 6.07 Å². The number of Topliss-reactive ketones (excluding diaryl/α,β-unsaturated/α-hetero) is 1. The van der Waals surface area contributed by atoms with E-state index in [4.69, 9.17) is 9.47 Å². The maximum Gasteiger partial charge on any atom is 0.325 e. The number of ether oxygens (including phenoxy) is 2. The fraction of sp³-hybridized carbons (Fsp3) is 0.176. The predicted molar refractivity (Wildman–Crippen MR) is 85.4 cm³/mol. The standard InChI is InChI=1S/C17H15NO6/c1-11(19)24-15-9-8-13(16(18(21)22)17(15)23-2)14(20)10-12-6-4-3-5-7-12/h3-9H,10H2,1-2H3. The number of hydrogen-bond acceptors (Lipinski definition) is 6. The van der Waals surface area contributed by atoms with Crippen molar-refractivity contribution in [2.45, 2.75) is 13.3 Å². The van der Waals surface area contributed by atoms with Crippen molar-refractivity contribution in [1.29, 1.82) is 0 Å². The lowest BCUT2D eigenvalue weighted by atomic mass is 10.0. The summed E-state index contributed by atoms with van der Waals surface area (Å²) in [5, 5.41) is 11.4. The van der Waals surface area contributed by atoms with Crippen molar-refractivity contribution in [1.82, 2.24) is 0 Å². The average Bonchev–Trinajstić information content (AvgIpc) is 2.54. The minimum absolute atomic E-state index is 0.0117. The number of esters is 1. The second-order valence-corrected chi connectivity index (χ2v) is 4.93. The molecule has 0 N–H and O–H groups in total. The van der Waals surface area contributed by atoms with Gasteiger partial charge in [-0.25, -0.2) is 0 Å². The first-order valence-electron chi connectivity index (χ1n) is 7.05. The minimum atomic E-state index is -0.718. The molecule has 0 bridgehead atoms. The van der Waals surface area contributed by atoms with Gasteiger partial charge in [-0.1, -0.05) is 30.3 Å². The topological polar surface area (TPSA) is 95.7 Å². The molecule has 2 aromatic rings. The van der Waals surface area contributed by atoms with Crippen LogP contribution in [0.15, 0.2) is 42.5 Å². The number of rotatable bonds is 6. The lowest BCUT2D eigenvalue weighted by molar-refractivity contribution is -0.386. The smallest absolute Gasteiger partial charge is 0.325 e. The summed E-state index contributed by atoms with van der Waals surface area (Å²) in [6.07, 6.45) is 0.0117. The van der Waals surface area contributed by atoms with Gasteiger partial charge in [0.15, 0.2) is 11.5 Å². The molecule has 7 nitrogen and oxygen atoms in total. The van der Waals surface area contributed by atoms with Gasteiger partial charge >= 0.3 is 11.7 Å². The van der Waals surface area contributed by atoms with Crippen LogP contribution < -0.4 is 9.47 Å². The van der Waals surface area contributed by atoms with Gasteiger partial charge in [0.05, 0.1) is 17.6 Å². The Hall–Kier alpha value is -3.22. The van der Waals surface area contributed by atoms with Gasteiger partial charge in [0.2, 0.25) is 5.75 Å². The van der Waals surface area contributed by atoms with Crippen LogP contribution in [0.2, 0.25) is 0 Å². The SMILES string of the molecule is COc1c(OC(C)=O)ccc(C(=O)Cc2ccccc2)c1[N+](=O)[O-]. The van der Waals surface area contributed by atoms with Gasteiger partial charge in [0.1, 0.15) is 0 Å². The third-order valence-corrected chi connectivity index (χ3v) is 3.24. The Balaban J connectivity index is 2.47. The van der Waals surface area contributed by atoms with Crippen LogP contribution in [-0.2, 0) is 11.2 Å². The van der Waals surface area contributed by atoms with Crippen molar-refractivity contribution in [2.75, 3.05) is 7.11 Å². The van der Waals surface area contributed by atoms with E-state index < -0.39 is 22.4 Å². The van der Waals surface area contributed by atoms with E-state index in [2.05, 4.69) is 0 Å². The van der Waals surface area contributed by atoms with Gasteiger partial charge in [-0.2, -0.15) is 0 Å². The van der Waals surface area contributed by atoms with E-state index in [1.54, 1.807) is 24.3 Å². The maximum atomic E-state index is 12.5. The van der Waals surface area contributed by atoms with Crippen molar-refractivity contribution >= 4 is 17.4 Å². The lowest BCUT2D eigenvalue weighted by Crippen LogP contribution is -2.10. The van der Waals surface area contributed by atoms with E-state index in [-0.39, 0.29) is 23.5 Å². The van der Waals surface area contributed by atoms with Crippen LogP contribution in [0.1, 0.15) is 22.8 Å². The summed E-state index contributed by atoms with van der Waals surface area (Å²) >= 11 is 0. The molecule has 0 amide bonds. The van der Waals surface area contributed by atoms with Crippen molar-refractivity contribution < 1.29 is 24.0 Å². The number of methoxy groups -OCH3 is 1. The highest BCUT2D eigenvalue weighted by atomic mass is 16.6. The Morgan fingerprint density at radius 1 is 1.12 bits per heavy atom. The Kier molecular flexibility index (Phi) is 5.26. The number of benzene rings is 2. The first kappa shape index (κ1) is 17.1. The molecule has 24 heavy (non-hydrogen) atoms. The molecule has 7 heteroatoms. The summed E-state index contributed by atoms with van der Waals surface area (Å²) in [7, 11) is 1.21. The quantitative estimate of drug-likeness (QED) is 0.266. The molecule has 0 spiro atoms. The predicted octanol–water partition coefficient (Wildman–Crippen LogP) is 2.95. The maximum absolute atomic E-state index is 12.5. The average molecular weight is 329 g/mol. The zero-order valence-electron chi connectivity index (χ0n) is 13.1. The van der Waals surface area contributed by atoms with Crippen LogP contribution in [-0.4, -0.2) is 23.8 Å². The number of nitro benzene ring substituents is 1. The molecule has 0 saturated carbocycles. The van der Waals surface area contributed by atoms with Crippen molar-refractivity contribution in [3.8, 4) is 11.5 Å². The van der Waals surface area contributed by atoms with Crippen LogP contribution in [0.4, 0.5) is 5.69 Å². The third-order valence-electron chi connectivity index (χ3n) is 3.24. The molecular weight excluding hydrogens is 314 g/mol. The van der Waals surface area contributed by atoms with Crippen molar-refractivity contribution in [3.63, 3.8) is 0 Å². The summed E-state index contributed by atoms with van der Waals surface area (Å²) in [5.74, 6) is -1.44. The van der Waals surface area contributed by atoms with E-state index in [0.717, 1.165) is 5.56 Å². The molecule has 0 aliphatic rings. The normalized spacial score (nSPS) is 10.1. The molecule has 0 radical (unpaired) electrons. The molecule has 0 atom stereocenters. The number of carbonyl (C=O) groups is 2. The van der Waals surface area contributed by atoms with Gasteiger partial charge in [-0.3, -0.25) is 19.7 Å². The number of nitro groups is 1. The molecule has 0 aromatic heterocycles. The number of hydrogen-bond donors (Lipinski definition) is 0. The summed E-state index contributed by atoms with van der Waals surface area (Å²) in [4.78, 5) is 34.3. The van der Waals surface area contributed by atoms with Gasteiger partial charge < -0.3 is 9.47 Å². The first-order valence-corrected chi connectivity index (χ1v) is 7.05. The minimum Gasteiger partial charge on any atom is -0.488 e. The molecule has 0 saturated heterocycles. The number of ketones is 1. The molecule has 0 aliphatic carbocycles. The Morgan fingerprint density at radius 3 is 2.33 bits per heavy atom. The molecule has 0 unspecified atom stereocenters. The molecule has 124 valence electrons. The Morgan fingerprint density at radius 2 is 1.79 bits per heavy atom. The molecule has 0 heterocycles. The fourth-order valence-corrected chi connectivity index (χ4v) is 2.27. The molecule has 2 aromatic carbocycles. The Labute approximate surface area is 138 Å².